The summed E-state index contributed by atoms with van der Waals surface area (Å²) in [5.41, 5.74) is 3.50. The molecule has 0 atom stereocenters. The maximum Gasteiger partial charge on any atom is 0.314 e. The van der Waals surface area contributed by atoms with Gasteiger partial charge in [-0.15, -0.1) is 0 Å². The van der Waals surface area contributed by atoms with E-state index in [1.807, 2.05) is 26.0 Å². The van der Waals surface area contributed by atoms with Gasteiger partial charge in [-0.05, 0) is 43.7 Å². The van der Waals surface area contributed by atoms with Crippen molar-refractivity contribution < 1.29 is 14.4 Å². The molecule has 0 radical (unpaired) electrons. The van der Waals surface area contributed by atoms with Gasteiger partial charge < -0.3 is 16.0 Å². The first kappa shape index (κ1) is 17.2. The predicted octanol–water partition coefficient (Wildman–Crippen LogP) is 2.84. The Labute approximate surface area is 140 Å². The molecule has 2 rings (SSSR count). The molecule has 0 heterocycles. The van der Waals surface area contributed by atoms with E-state index in [9.17, 15) is 14.4 Å². The minimum Gasteiger partial charge on any atom is -0.326 e. The highest BCUT2D eigenvalue weighted by atomic mass is 16.2. The fourth-order valence-electron chi connectivity index (χ4n) is 2.20. The molecule has 0 bridgehead atoms. The first-order valence-corrected chi connectivity index (χ1v) is 7.42. The molecule has 0 aromatic heterocycles. The molecular weight excluding hydrogens is 306 g/mol. The lowest BCUT2D eigenvalue weighted by atomic mass is 10.1. The molecule has 0 aliphatic heterocycles. The van der Waals surface area contributed by atoms with Crippen LogP contribution in [0.5, 0.6) is 0 Å². The summed E-state index contributed by atoms with van der Waals surface area (Å²) in [4.78, 5) is 35.1. The van der Waals surface area contributed by atoms with Crippen LogP contribution >= 0.6 is 0 Å². The maximum absolute atomic E-state index is 12.0. The van der Waals surface area contributed by atoms with Crippen molar-refractivity contribution in [1.29, 1.82) is 0 Å². The van der Waals surface area contributed by atoms with Crippen molar-refractivity contribution in [2.75, 3.05) is 16.0 Å². The van der Waals surface area contributed by atoms with E-state index in [2.05, 4.69) is 16.0 Å². The monoisotopic (exact) mass is 325 g/mol. The molecule has 24 heavy (non-hydrogen) atoms. The van der Waals surface area contributed by atoms with Gasteiger partial charge in [-0.2, -0.15) is 0 Å². The number of benzene rings is 2. The molecule has 0 fully saturated rings. The molecule has 0 saturated carbocycles. The normalized spacial score (nSPS) is 9.96. The van der Waals surface area contributed by atoms with E-state index >= 15 is 0 Å². The minimum absolute atomic E-state index is 0.217. The number of amides is 3. The summed E-state index contributed by atoms with van der Waals surface area (Å²) in [6.45, 7) is 5.20. The van der Waals surface area contributed by atoms with Gasteiger partial charge >= 0.3 is 11.8 Å². The molecule has 0 aliphatic rings. The van der Waals surface area contributed by atoms with Crippen LogP contribution in [0.3, 0.4) is 0 Å². The van der Waals surface area contributed by atoms with Gasteiger partial charge in [0.2, 0.25) is 5.91 Å². The summed E-state index contributed by atoms with van der Waals surface area (Å²) in [6, 6.07) is 12.1. The van der Waals surface area contributed by atoms with Gasteiger partial charge in [0.15, 0.2) is 0 Å². The largest absolute Gasteiger partial charge is 0.326 e. The molecule has 0 aliphatic carbocycles. The number of carbonyl (C=O) groups is 3. The van der Waals surface area contributed by atoms with E-state index in [0.717, 1.165) is 11.1 Å². The molecular formula is C18H19N3O3. The van der Waals surface area contributed by atoms with Crippen molar-refractivity contribution in [2.45, 2.75) is 20.8 Å². The lowest BCUT2D eigenvalue weighted by Gasteiger charge is -2.10. The first-order chi connectivity index (χ1) is 11.3. The van der Waals surface area contributed by atoms with Crippen molar-refractivity contribution in [3.8, 4) is 0 Å². The van der Waals surface area contributed by atoms with Gasteiger partial charge in [-0.25, -0.2) is 0 Å². The minimum atomic E-state index is -0.782. The number of carbonyl (C=O) groups excluding carboxylic acids is 3. The Morgan fingerprint density at radius 3 is 2.04 bits per heavy atom. The van der Waals surface area contributed by atoms with E-state index in [0.29, 0.717) is 17.1 Å². The molecule has 6 nitrogen and oxygen atoms in total. The quantitative estimate of drug-likeness (QED) is 0.758. The van der Waals surface area contributed by atoms with E-state index < -0.39 is 11.8 Å². The summed E-state index contributed by atoms with van der Waals surface area (Å²) >= 11 is 0. The average molecular weight is 325 g/mol. The van der Waals surface area contributed by atoms with Crippen LogP contribution in [0.4, 0.5) is 17.1 Å². The van der Waals surface area contributed by atoms with Gasteiger partial charge in [0, 0.05) is 24.0 Å². The topological polar surface area (TPSA) is 87.3 Å². The zero-order valence-electron chi connectivity index (χ0n) is 13.8. The van der Waals surface area contributed by atoms with Crippen LogP contribution in [-0.4, -0.2) is 17.7 Å². The summed E-state index contributed by atoms with van der Waals surface area (Å²) in [6.07, 6.45) is 0. The highest BCUT2D eigenvalue weighted by molar-refractivity contribution is 6.43. The van der Waals surface area contributed by atoms with E-state index in [1.54, 1.807) is 30.3 Å². The SMILES string of the molecule is CC(=O)Nc1cccc(NC(=O)C(=O)Nc2ccc(C)cc2C)c1. The summed E-state index contributed by atoms with van der Waals surface area (Å²) in [5, 5.41) is 7.70. The van der Waals surface area contributed by atoms with Crippen LogP contribution < -0.4 is 16.0 Å². The number of nitrogens with one attached hydrogen (secondary N) is 3. The zero-order chi connectivity index (χ0) is 17.7. The third kappa shape index (κ3) is 4.67. The second-order valence-corrected chi connectivity index (χ2v) is 5.49. The Balaban J connectivity index is 2.03. The third-order valence-electron chi connectivity index (χ3n) is 3.28. The van der Waals surface area contributed by atoms with Crippen LogP contribution in [0, 0.1) is 13.8 Å². The molecule has 0 unspecified atom stereocenters. The maximum atomic E-state index is 12.0. The highest BCUT2D eigenvalue weighted by Crippen LogP contribution is 2.17. The Hall–Kier alpha value is -3.15. The standard InChI is InChI=1S/C18H19N3O3/c1-11-7-8-16(12(2)9-11)21-18(24)17(23)20-15-6-4-5-14(10-15)19-13(3)22/h4-10H,1-3H3,(H,19,22)(H,20,23)(H,21,24). The molecule has 0 spiro atoms. The fraction of sp³-hybridized carbons (Fsp3) is 0.167. The van der Waals surface area contributed by atoms with Crippen molar-refractivity contribution in [3.63, 3.8) is 0 Å². The second kappa shape index (κ2) is 7.41. The number of rotatable bonds is 3. The van der Waals surface area contributed by atoms with Gasteiger partial charge in [-0.3, -0.25) is 14.4 Å². The Morgan fingerprint density at radius 2 is 1.42 bits per heavy atom. The van der Waals surface area contributed by atoms with Gasteiger partial charge in [0.05, 0.1) is 0 Å². The average Bonchev–Trinajstić information content (AvgIpc) is 2.49. The van der Waals surface area contributed by atoms with E-state index in [-0.39, 0.29) is 5.91 Å². The second-order valence-electron chi connectivity index (χ2n) is 5.49. The lowest BCUT2D eigenvalue weighted by molar-refractivity contribution is -0.133. The van der Waals surface area contributed by atoms with Crippen LogP contribution in [0.15, 0.2) is 42.5 Å². The number of hydrogen-bond donors (Lipinski definition) is 3. The highest BCUT2D eigenvalue weighted by Gasteiger charge is 2.15. The van der Waals surface area contributed by atoms with Crippen LogP contribution in [0.1, 0.15) is 18.1 Å². The first-order valence-electron chi connectivity index (χ1n) is 7.42. The number of aryl methyl sites for hydroxylation is 2. The van der Waals surface area contributed by atoms with Crippen LogP contribution in [-0.2, 0) is 14.4 Å². The van der Waals surface area contributed by atoms with Gasteiger partial charge in [0.1, 0.15) is 0 Å². The lowest BCUT2D eigenvalue weighted by Crippen LogP contribution is -2.29. The molecule has 124 valence electrons. The van der Waals surface area contributed by atoms with E-state index in [1.165, 1.54) is 6.92 Å². The van der Waals surface area contributed by atoms with Crippen molar-refractivity contribution in [3.05, 3.63) is 53.6 Å². The number of hydrogen-bond acceptors (Lipinski definition) is 3. The van der Waals surface area contributed by atoms with Crippen molar-refractivity contribution in [1.82, 2.24) is 0 Å². The van der Waals surface area contributed by atoms with Crippen LogP contribution in [0.25, 0.3) is 0 Å². The smallest absolute Gasteiger partial charge is 0.314 e. The third-order valence-corrected chi connectivity index (χ3v) is 3.28. The summed E-state index contributed by atoms with van der Waals surface area (Å²) in [7, 11) is 0. The number of anilines is 3. The molecule has 0 saturated heterocycles. The molecule has 2 aromatic carbocycles. The molecule has 3 amide bonds. The van der Waals surface area contributed by atoms with Gasteiger partial charge in [-0.1, -0.05) is 23.8 Å². The molecule has 3 N–H and O–H groups in total. The Kier molecular flexibility index (Phi) is 5.31. The predicted molar refractivity (Wildman–Crippen MR) is 93.9 cm³/mol. The van der Waals surface area contributed by atoms with Crippen molar-refractivity contribution in [2.24, 2.45) is 0 Å². The molecule has 2 aromatic rings. The summed E-state index contributed by atoms with van der Waals surface area (Å²) in [5.74, 6) is -1.76. The van der Waals surface area contributed by atoms with Crippen molar-refractivity contribution >= 4 is 34.8 Å². The Morgan fingerprint density at radius 1 is 0.792 bits per heavy atom. The van der Waals surface area contributed by atoms with Crippen LogP contribution in [0.2, 0.25) is 0 Å². The fourth-order valence-corrected chi connectivity index (χ4v) is 2.20. The Bertz CT molecular complexity index is 800. The van der Waals surface area contributed by atoms with E-state index in [4.69, 9.17) is 0 Å². The molecule has 6 heteroatoms. The zero-order valence-corrected chi connectivity index (χ0v) is 13.8. The van der Waals surface area contributed by atoms with Gasteiger partial charge in [0.25, 0.3) is 0 Å². The summed E-state index contributed by atoms with van der Waals surface area (Å²) < 4.78 is 0.